The van der Waals surface area contributed by atoms with Gasteiger partial charge in [0.1, 0.15) is 0 Å². The molecule has 0 rings (SSSR count). The summed E-state index contributed by atoms with van der Waals surface area (Å²) in [6.07, 6.45) is 14.7. The number of amides is 1. The summed E-state index contributed by atoms with van der Waals surface area (Å²) in [6.45, 7) is 4.95. The van der Waals surface area contributed by atoms with Crippen LogP contribution < -0.4 is 5.32 Å². The third-order valence-electron chi connectivity index (χ3n) is 2.41. The number of hydrogen-bond acceptors (Lipinski definition) is 1. The molecular weight excluding hydrogens is 222 g/mol. The van der Waals surface area contributed by atoms with Gasteiger partial charge >= 0.3 is 0 Å². The van der Waals surface area contributed by atoms with Gasteiger partial charge in [0.25, 0.3) is 0 Å². The third-order valence-corrected chi connectivity index (χ3v) is 2.41. The van der Waals surface area contributed by atoms with E-state index in [0.29, 0.717) is 5.92 Å². The summed E-state index contributed by atoms with van der Waals surface area (Å²) in [4.78, 5) is 11.4. The first-order chi connectivity index (χ1) is 8.70. The number of terminal acetylenes is 1. The Balaban J connectivity index is 3.71. The van der Waals surface area contributed by atoms with E-state index in [1.165, 1.54) is 6.08 Å². The van der Waals surface area contributed by atoms with Gasteiger partial charge in [-0.25, -0.2) is 0 Å². The van der Waals surface area contributed by atoms with Gasteiger partial charge in [-0.2, -0.15) is 0 Å². The molecular formula is C16H21NO. The highest BCUT2D eigenvalue weighted by atomic mass is 16.1. The molecule has 0 fully saturated rings. The molecule has 0 heterocycles. The maximum Gasteiger partial charge on any atom is 0.243 e. The first-order valence-corrected chi connectivity index (χ1v) is 6.25. The van der Waals surface area contributed by atoms with Crippen molar-refractivity contribution in [3.8, 4) is 24.2 Å². The van der Waals surface area contributed by atoms with E-state index in [4.69, 9.17) is 6.42 Å². The van der Waals surface area contributed by atoms with Gasteiger partial charge in [-0.05, 0) is 24.2 Å². The minimum absolute atomic E-state index is 0.0490. The fourth-order valence-electron chi connectivity index (χ4n) is 1.06. The fraction of sp³-hybridized carbons (Fsp3) is 0.438. The van der Waals surface area contributed by atoms with Crippen molar-refractivity contribution in [2.45, 2.75) is 33.1 Å². The molecule has 96 valence electrons. The summed E-state index contributed by atoms with van der Waals surface area (Å²) < 4.78 is 0. The Morgan fingerprint density at radius 1 is 1.44 bits per heavy atom. The topological polar surface area (TPSA) is 29.1 Å². The lowest BCUT2D eigenvalue weighted by molar-refractivity contribution is -0.116. The largest absolute Gasteiger partial charge is 0.352 e. The van der Waals surface area contributed by atoms with E-state index >= 15 is 0 Å². The van der Waals surface area contributed by atoms with Gasteiger partial charge in [0, 0.05) is 19.0 Å². The zero-order valence-corrected chi connectivity index (χ0v) is 11.2. The Kier molecular flexibility index (Phi) is 10.3. The zero-order valence-electron chi connectivity index (χ0n) is 11.2. The summed E-state index contributed by atoms with van der Waals surface area (Å²) in [5.74, 6) is 8.12. The Labute approximate surface area is 111 Å². The number of nitrogens with one attached hydrogen (secondary N) is 1. The monoisotopic (exact) mass is 243 g/mol. The van der Waals surface area contributed by atoms with Crippen molar-refractivity contribution in [3.63, 3.8) is 0 Å². The zero-order chi connectivity index (χ0) is 13.6. The summed E-state index contributed by atoms with van der Waals surface area (Å²) in [7, 11) is 0. The molecule has 0 aromatic rings. The van der Waals surface area contributed by atoms with Crippen molar-refractivity contribution < 1.29 is 4.79 Å². The summed E-state index contributed by atoms with van der Waals surface area (Å²) in [6, 6.07) is 0. The normalized spacial score (nSPS) is 11.8. The highest BCUT2D eigenvalue weighted by Gasteiger charge is 1.99. The molecule has 0 spiro atoms. The second-order valence-corrected chi connectivity index (χ2v) is 4.03. The van der Waals surface area contributed by atoms with Gasteiger partial charge in [-0.15, -0.1) is 6.42 Å². The van der Waals surface area contributed by atoms with E-state index in [1.807, 2.05) is 12.2 Å². The number of rotatable bonds is 7. The van der Waals surface area contributed by atoms with Crippen molar-refractivity contribution in [1.82, 2.24) is 5.32 Å². The fourth-order valence-corrected chi connectivity index (χ4v) is 1.06. The quantitative estimate of drug-likeness (QED) is 0.317. The molecule has 18 heavy (non-hydrogen) atoms. The molecule has 1 unspecified atom stereocenters. The van der Waals surface area contributed by atoms with Crippen LogP contribution in [0.5, 0.6) is 0 Å². The molecule has 0 aromatic heterocycles. The van der Waals surface area contributed by atoms with Crippen LogP contribution in [-0.2, 0) is 4.79 Å². The van der Waals surface area contributed by atoms with E-state index in [9.17, 15) is 4.79 Å². The van der Waals surface area contributed by atoms with Crippen molar-refractivity contribution in [2.75, 3.05) is 6.54 Å². The van der Waals surface area contributed by atoms with Crippen LogP contribution in [0.15, 0.2) is 24.3 Å². The molecule has 1 amide bonds. The molecule has 0 saturated carbocycles. The van der Waals surface area contributed by atoms with Crippen molar-refractivity contribution in [3.05, 3.63) is 24.3 Å². The van der Waals surface area contributed by atoms with Gasteiger partial charge in [0.05, 0.1) is 0 Å². The smallest absolute Gasteiger partial charge is 0.243 e. The molecule has 1 atom stereocenters. The van der Waals surface area contributed by atoms with E-state index in [0.717, 1.165) is 25.8 Å². The van der Waals surface area contributed by atoms with Crippen LogP contribution in [0.2, 0.25) is 0 Å². The predicted octanol–water partition coefficient (Wildman–Crippen LogP) is 2.68. The van der Waals surface area contributed by atoms with Crippen LogP contribution in [0.4, 0.5) is 0 Å². The third kappa shape index (κ3) is 10.6. The Bertz CT molecular complexity index is 388. The van der Waals surface area contributed by atoms with Gasteiger partial charge in [0.15, 0.2) is 0 Å². The number of carbonyl (C=O) groups is 1. The lowest BCUT2D eigenvalue weighted by Crippen LogP contribution is -2.26. The second kappa shape index (κ2) is 11.6. The van der Waals surface area contributed by atoms with Crippen molar-refractivity contribution in [2.24, 2.45) is 5.92 Å². The van der Waals surface area contributed by atoms with Crippen LogP contribution in [0.1, 0.15) is 33.1 Å². The lowest BCUT2D eigenvalue weighted by atomic mass is 10.1. The summed E-state index contributed by atoms with van der Waals surface area (Å²) >= 11 is 0. The van der Waals surface area contributed by atoms with Gasteiger partial charge < -0.3 is 5.32 Å². The number of allylic oxidation sites excluding steroid dienone is 3. The molecule has 0 aliphatic rings. The molecule has 1 N–H and O–H groups in total. The minimum Gasteiger partial charge on any atom is -0.352 e. The average molecular weight is 243 g/mol. The standard InChI is InChI=1S/C16H21NO/c1-4-6-7-8-9-10-11-12-13-16(18)17-14-15(3)5-2/h1,10-13,15H,5,8-9,14H2,2-3H3,(H,17,18)/b11-10+,13-12-. The average Bonchev–Trinajstić information content (AvgIpc) is 2.39. The molecule has 2 heteroatoms. The molecule has 0 bridgehead atoms. The van der Waals surface area contributed by atoms with Gasteiger partial charge in [-0.1, -0.05) is 44.4 Å². The van der Waals surface area contributed by atoms with Crippen LogP contribution in [0, 0.1) is 30.1 Å². The maximum atomic E-state index is 11.4. The van der Waals surface area contributed by atoms with Crippen molar-refractivity contribution in [1.29, 1.82) is 0 Å². The number of unbranched alkanes of at least 4 members (excludes halogenated alkanes) is 1. The Morgan fingerprint density at radius 3 is 2.89 bits per heavy atom. The number of carbonyl (C=O) groups excluding carboxylic acids is 1. The van der Waals surface area contributed by atoms with Crippen LogP contribution in [-0.4, -0.2) is 12.5 Å². The second-order valence-electron chi connectivity index (χ2n) is 4.03. The molecule has 0 aliphatic heterocycles. The minimum atomic E-state index is -0.0490. The van der Waals surface area contributed by atoms with Crippen molar-refractivity contribution >= 4 is 5.91 Å². The van der Waals surface area contributed by atoms with E-state index in [2.05, 4.69) is 36.9 Å². The maximum absolute atomic E-state index is 11.4. The van der Waals surface area contributed by atoms with E-state index in [1.54, 1.807) is 6.08 Å². The number of hydrogen-bond donors (Lipinski definition) is 1. The summed E-state index contributed by atoms with van der Waals surface area (Å²) in [5.41, 5.74) is 0. The SMILES string of the molecule is C#CC#CCC/C=C/C=C\C(=O)NCC(C)CC. The van der Waals surface area contributed by atoms with Crippen LogP contribution >= 0.6 is 0 Å². The lowest BCUT2D eigenvalue weighted by Gasteiger charge is -2.07. The van der Waals surface area contributed by atoms with Gasteiger partial charge in [-0.3, -0.25) is 4.79 Å². The molecule has 0 aromatic carbocycles. The van der Waals surface area contributed by atoms with Gasteiger partial charge in [0.2, 0.25) is 5.91 Å². The first-order valence-electron chi connectivity index (χ1n) is 6.25. The van der Waals surface area contributed by atoms with Crippen LogP contribution in [0.3, 0.4) is 0 Å². The Morgan fingerprint density at radius 2 is 2.22 bits per heavy atom. The predicted molar refractivity (Wildman–Crippen MR) is 76.6 cm³/mol. The highest BCUT2D eigenvalue weighted by molar-refractivity contribution is 5.87. The van der Waals surface area contributed by atoms with E-state index < -0.39 is 0 Å². The van der Waals surface area contributed by atoms with Crippen LogP contribution in [0.25, 0.3) is 0 Å². The molecule has 2 nitrogen and oxygen atoms in total. The highest BCUT2D eigenvalue weighted by Crippen LogP contribution is 1.97. The molecule has 0 radical (unpaired) electrons. The Hall–Kier alpha value is -1.93. The molecule has 0 aliphatic carbocycles. The first kappa shape index (κ1) is 16.1. The van der Waals surface area contributed by atoms with E-state index in [-0.39, 0.29) is 5.91 Å². The molecule has 0 saturated heterocycles. The summed E-state index contributed by atoms with van der Waals surface area (Å²) in [5, 5.41) is 2.85.